The molecular weight excluding hydrogens is 314 g/mol. The van der Waals surface area contributed by atoms with E-state index in [2.05, 4.69) is 10.3 Å². The lowest BCUT2D eigenvalue weighted by Crippen LogP contribution is -2.46. The van der Waals surface area contributed by atoms with Crippen LogP contribution >= 0.6 is 12.4 Å². The molecule has 0 unspecified atom stereocenters. The van der Waals surface area contributed by atoms with Crippen molar-refractivity contribution in [3.63, 3.8) is 0 Å². The summed E-state index contributed by atoms with van der Waals surface area (Å²) in [5, 5.41) is 3.25. The van der Waals surface area contributed by atoms with Crippen LogP contribution in [0.15, 0.2) is 48.8 Å². The minimum absolute atomic E-state index is 0. The first-order chi connectivity index (χ1) is 10.8. The Kier molecular flexibility index (Phi) is 6.38. The van der Waals surface area contributed by atoms with Gasteiger partial charge in [-0.3, -0.25) is 9.78 Å². The van der Waals surface area contributed by atoms with Crippen LogP contribution in [0.4, 0.5) is 0 Å². The van der Waals surface area contributed by atoms with Gasteiger partial charge in [-0.05, 0) is 24.3 Å². The second-order valence-electron chi connectivity index (χ2n) is 5.22. The van der Waals surface area contributed by atoms with Crippen LogP contribution in [0.5, 0.6) is 5.75 Å². The monoisotopic (exact) mass is 333 g/mol. The highest BCUT2D eigenvalue weighted by Gasteiger charge is 2.18. The molecule has 2 heterocycles. The predicted molar refractivity (Wildman–Crippen MR) is 91.0 cm³/mol. The summed E-state index contributed by atoms with van der Waals surface area (Å²) in [5.41, 5.74) is 1.67. The highest BCUT2D eigenvalue weighted by atomic mass is 35.5. The molecule has 0 spiro atoms. The van der Waals surface area contributed by atoms with Gasteiger partial charge in [-0.15, -0.1) is 12.4 Å². The number of piperazine rings is 1. The Hall–Kier alpha value is -2.11. The van der Waals surface area contributed by atoms with Crippen molar-refractivity contribution in [3.8, 4) is 5.75 Å². The van der Waals surface area contributed by atoms with Crippen LogP contribution in [0.1, 0.15) is 15.9 Å². The third-order valence-corrected chi connectivity index (χ3v) is 3.61. The zero-order valence-corrected chi connectivity index (χ0v) is 13.6. The van der Waals surface area contributed by atoms with E-state index >= 15 is 0 Å². The Balaban J connectivity index is 0.00000192. The highest BCUT2D eigenvalue weighted by molar-refractivity contribution is 5.94. The maximum absolute atomic E-state index is 12.5. The highest BCUT2D eigenvalue weighted by Crippen LogP contribution is 2.16. The number of pyridine rings is 1. The zero-order valence-electron chi connectivity index (χ0n) is 12.8. The molecule has 0 radical (unpaired) electrons. The number of carbonyl (C=O) groups excluding carboxylic acids is 1. The molecule has 1 aliphatic rings. The summed E-state index contributed by atoms with van der Waals surface area (Å²) in [7, 11) is 0. The third kappa shape index (κ3) is 4.68. The summed E-state index contributed by atoms with van der Waals surface area (Å²) in [6.45, 7) is 3.64. The average molecular weight is 334 g/mol. The van der Waals surface area contributed by atoms with Crippen LogP contribution in [0.2, 0.25) is 0 Å². The molecule has 2 aromatic rings. The number of hydrogen-bond donors (Lipinski definition) is 1. The largest absolute Gasteiger partial charge is 0.489 e. The Bertz CT molecular complexity index is 631. The van der Waals surface area contributed by atoms with Gasteiger partial charge in [0, 0.05) is 49.7 Å². The third-order valence-electron chi connectivity index (χ3n) is 3.61. The molecule has 0 bridgehead atoms. The van der Waals surface area contributed by atoms with Gasteiger partial charge in [0.2, 0.25) is 0 Å². The number of ether oxygens (including phenoxy) is 1. The van der Waals surface area contributed by atoms with Crippen molar-refractivity contribution < 1.29 is 9.53 Å². The van der Waals surface area contributed by atoms with Gasteiger partial charge in [-0.25, -0.2) is 0 Å². The molecule has 1 N–H and O–H groups in total. The van der Waals surface area contributed by atoms with Crippen LogP contribution in [-0.4, -0.2) is 42.0 Å². The van der Waals surface area contributed by atoms with Gasteiger partial charge in [0.15, 0.2) is 0 Å². The smallest absolute Gasteiger partial charge is 0.254 e. The average Bonchev–Trinajstić information content (AvgIpc) is 2.61. The lowest BCUT2D eigenvalue weighted by molar-refractivity contribution is 0.0735. The predicted octanol–water partition coefficient (Wildman–Crippen LogP) is 2.13. The van der Waals surface area contributed by atoms with E-state index in [-0.39, 0.29) is 18.3 Å². The van der Waals surface area contributed by atoms with Gasteiger partial charge in [0.1, 0.15) is 12.4 Å². The molecule has 0 saturated carbocycles. The van der Waals surface area contributed by atoms with Crippen LogP contribution in [0.3, 0.4) is 0 Å². The fourth-order valence-corrected chi connectivity index (χ4v) is 2.42. The summed E-state index contributed by atoms with van der Waals surface area (Å²) in [5.74, 6) is 0.762. The summed E-state index contributed by atoms with van der Waals surface area (Å²) in [6, 6.07) is 11.2. The maximum Gasteiger partial charge on any atom is 0.254 e. The van der Waals surface area contributed by atoms with Gasteiger partial charge in [0.05, 0.1) is 0 Å². The molecule has 1 fully saturated rings. The molecule has 122 valence electrons. The SMILES string of the molecule is Cl.O=C(c1cccc(OCc2cccnc2)c1)N1CCNCC1. The molecule has 0 atom stereocenters. The lowest BCUT2D eigenvalue weighted by atomic mass is 10.1. The first-order valence-electron chi connectivity index (χ1n) is 7.45. The van der Waals surface area contributed by atoms with Crippen molar-refractivity contribution in [1.29, 1.82) is 0 Å². The van der Waals surface area contributed by atoms with Crippen molar-refractivity contribution in [1.82, 2.24) is 15.2 Å². The fraction of sp³-hybridized carbons (Fsp3) is 0.294. The number of amides is 1. The van der Waals surface area contributed by atoms with Crippen LogP contribution in [0.25, 0.3) is 0 Å². The van der Waals surface area contributed by atoms with Gasteiger partial charge >= 0.3 is 0 Å². The topological polar surface area (TPSA) is 54.5 Å². The van der Waals surface area contributed by atoms with E-state index in [1.807, 2.05) is 35.2 Å². The summed E-state index contributed by atoms with van der Waals surface area (Å²) in [6.07, 6.45) is 3.51. The van der Waals surface area contributed by atoms with Crippen molar-refractivity contribution in [3.05, 3.63) is 59.9 Å². The number of benzene rings is 1. The molecule has 1 aromatic heterocycles. The summed E-state index contributed by atoms with van der Waals surface area (Å²) < 4.78 is 5.75. The standard InChI is InChI=1S/C17H19N3O2.ClH/c21-17(20-9-7-18-8-10-20)15-4-1-5-16(11-15)22-13-14-3-2-6-19-12-14;/h1-6,11-12,18H,7-10,13H2;1H. The number of rotatable bonds is 4. The number of aromatic nitrogens is 1. The minimum atomic E-state index is 0. The number of nitrogens with one attached hydrogen (secondary N) is 1. The van der Waals surface area contributed by atoms with Crippen molar-refractivity contribution in [2.75, 3.05) is 26.2 Å². The van der Waals surface area contributed by atoms with E-state index in [0.29, 0.717) is 17.9 Å². The van der Waals surface area contributed by atoms with Crippen LogP contribution in [-0.2, 0) is 6.61 Å². The maximum atomic E-state index is 12.5. The Morgan fingerprint density at radius 3 is 2.78 bits per heavy atom. The molecule has 5 nitrogen and oxygen atoms in total. The Morgan fingerprint density at radius 1 is 1.22 bits per heavy atom. The molecule has 1 aromatic carbocycles. The first kappa shape index (κ1) is 17.2. The normalized spacial score (nSPS) is 14.0. The van der Waals surface area contributed by atoms with Gasteiger partial charge in [-0.1, -0.05) is 12.1 Å². The molecular formula is C17H20ClN3O2. The van der Waals surface area contributed by atoms with Crippen LogP contribution in [0, 0.1) is 0 Å². The van der Waals surface area contributed by atoms with Crippen molar-refractivity contribution >= 4 is 18.3 Å². The molecule has 3 rings (SSSR count). The van der Waals surface area contributed by atoms with E-state index in [9.17, 15) is 4.79 Å². The van der Waals surface area contributed by atoms with Gasteiger partial charge in [-0.2, -0.15) is 0 Å². The number of halogens is 1. The quantitative estimate of drug-likeness (QED) is 0.931. The second-order valence-corrected chi connectivity index (χ2v) is 5.22. The zero-order chi connectivity index (χ0) is 15.2. The van der Waals surface area contributed by atoms with E-state index in [4.69, 9.17) is 4.74 Å². The van der Waals surface area contributed by atoms with E-state index in [1.54, 1.807) is 18.5 Å². The molecule has 1 aliphatic heterocycles. The van der Waals surface area contributed by atoms with Gasteiger partial charge in [0.25, 0.3) is 5.91 Å². The molecule has 1 amide bonds. The van der Waals surface area contributed by atoms with Crippen molar-refractivity contribution in [2.45, 2.75) is 6.61 Å². The first-order valence-corrected chi connectivity index (χ1v) is 7.45. The summed E-state index contributed by atoms with van der Waals surface area (Å²) in [4.78, 5) is 18.4. The number of carbonyl (C=O) groups is 1. The lowest BCUT2D eigenvalue weighted by Gasteiger charge is -2.27. The molecule has 0 aliphatic carbocycles. The van der Waals surface area contributed by atoms with E-state index in [1.165, 1.54) is 0 Å². The molecule has 1 saturated heterocycles. The summed E-state index contributed by atoms with van der Waals surface area (Å²) >= 11 is 0. The van der Waals surface area contributed by atoms with Gasteiger partial charge < -0.3 is 15.0 Å². The number of hydrogen-bond acceptors (Lipinski definition) is 4. The Labute approximate surface area is 142 Å². The van der Waals surface area contributed by atoms with Crippen LogP contribution < -0.4 is 10.1 Å². The van der Waals surface area contributed by atoms with Crippen molar-refractivity contribution in [2.24, 2.45) is 0 Å². The van der Waals surface area contributed by atoms with E-state index < -0.39 is 0 Å². The van der Waals surface area contributed by atoms with E-state index in [0.717, 1.165) is 31.7 Å². The fourth-order valence-electron chi connectivity index (χ4n) is 2.42. The molecule has 23 heavy (non-hydrogen) atoms. The second kappa shape index (κ2) is 8.50. The Morgan fingerprint density at radius 2 is 2.04 bits per heavy atom. The molecule has 6 heteroatoms. The minimum Gasteiger partial charge on any atom is -0.489 e. The number of nitrogens with zero attached hydrogens (tertiary/aromatic N) is 2.